The van der Waals surface area contributed by atoms with E-state index in [1.807, 2.05) is 0 Å². The predicted octanol–water partition coefficient (Wildman–Crippen LogP) is 3.14. The number of fused-ring (bicyclic) bond motifs is 1. The molecule has 0 bridgehead atoms. The minimum atomic E-state index is -1.41. The first-order valence-corrected chi connectivity index (χ1v) is 6.78. The number of piperidine rings is 1. The second-order valence-corrected chi connectivity index (χ2v) is 5.45. The molecule has 1 aromatic carbocycles. The lowest BCUT2D eigenvalue weighted by molar-refractivity contribution is 0.188. The molecule has 2 aliphatic heterocycles. The van der Waals surface area contributed by atoms with E-state index in [0.717, 1.165) is 38.1 Å². The summed E-state index contributed by atoms with van der Waals surface area (Å²) in [5.41, 5.74) is 0.327. The lowest BCUT2D eigenvalue weighted by Crippen LogP contribution is -2.42. The highest BCUT2D eigenvalue weighted by Crippen LogP contribution is 2.29. The first kappa shape index (κ1) is 12.8. The largest absolute Gasteiger partial charge is 0.382 e. The Morgan fingerprint density at radius 3 is 2.53 bits per heavy atom. The number of anilines is 1. The van der Waals surface area contributed by atoms with Crippen molar-refractivity contribution in [3.63, 3.8) is 0 Å². The molecule has 0 spiro atoms. The molecule has 2 nitrogen and oxygen atoms in total. The molecule has 1 aromatic rings. The van der Waals surface area contributed by atoms with Gasteiger partial charge in [-0.1, -0.05) is 0 Å². The minimum absolute atomic E-state index is 0.212. The van der Waals surface area contributed by atoms with Gasteiger partial charge in [-0.15, -0.1) is 0 Å². The number of nitrogens with one attached hydrogen (secondary N) is 1. The first-order valence-electron chi connectivity index (χ1n) is 6.78. The molecular formula is C14H17F3N2. The molecule has 2 heterocycles. The average Bonchev–Trinajstić information content (AvgIpc) is 2.83. The molecule has 19 heavy (non-hydrogen) atoms. The molecule has 3 rings (SSSR count). The number of hydrogen-bond donors (Lipinski definition) is 1. The summed E-state index contributed by atoms with van der Waals surface area (Å²) in [7, 11) is 0. The van der Waals surface area contributed by atoms with Gasteiger partial charge in [-0.05, 0) is 32.2 Å². The molecule has 5 heteroatoms. The normalized spacial score (nSPS) is 27.3. The van der Waals surface area contributed by atoms with Gasteiger partial charge in [0.2, 0.25) is 0 Å². The Morgan fingerprint density at radius 1 is 1.05 bits per heavy atom. The molecule has 0 radical (unpaired) electrons. The van der Waals surface area contributed by atoms with E-state index in [1.165, 1.54) is 12.8 Å². The Kier molecular flexibility index (Phi) is 3.39. The van der Waals surface area contributed by atoms with Gasteiger partial charge in [-0.25, -0.2) is 13.2 Å². The Labute approximate surface area is 110 Å². The summed E-state index contributed by atoms with van der Waals surface area (Å²) in [6.07, 6.45) is 4.37. The minimum Gasteiger partial charge on any atom is -0.382 e. The molecule has 2 fully saturated rings. The van der Waals surface area contributed by atoms with Gasteiger partial charge in [-0.3, -0.25) is 0 Å². The molecule has 0 amide bonds. The van der Waals surface area contributed by atoms with Gasteiger partial charge in [0.1, 0.15) is 0 Å². The zero-order valence-electron chi connectivity index (χ0n) is 10.6. The van der Waals surface area contributed by atoms with E-state index in [4.69, 9.17) is 0 Å². The second kappa shape index (κ2) is 5.04. The van der Waals surface area contributed by atoms with Gasteiger partial charge in [0.25, 0.3) is 0 Å². The monoisotopic (exact) mass is 270 g/mol. The SMILES string of the molecule is Fc1cc(NC2CCN3CCCC3C2)cc(F)c1F. The number of rotatable bonds is 2. The summed E-state index contributed by atoms with van der Waals surface area (Å²) in [4.78, 5) is 2.48. The van der Waals surface area contributed by atoms with Crippen LogP contribution >= 0.6 is 0 Å². The average molecular weight is 270 g/mol. The molecule has 104 valence electrons. The molecule has 0 saturated carbocycles. The third-order valence-electron chi connectivity index (χ3n) is 4.18. The number of halogens is 3. The number of benzene rings is 1. The van der Waals surface area contributed by atoms with Gasteiger partial charge in [0.05, 0.1) is 0 Å². The summed E-state index contributed by atoms with van der Waals surface area (Å²) in [5.74, 6) is -3.68. The highest BCUT2D eigenvalue weighted by Gasteiger charge is 2.31. The van der Waals surface area contributed by atoms with E-state index >= 15 is 0 Å². The Morgan fingerprint density at radius 2 is 1.79 bits per heavy atom. The van der Waals surface area contributed by atoms with E-state index in [-0.39, 0.29) is 6.04 Å². The highest BCUT2D eigenvalue weighted by molar-refractivity contribution is 5.45. The second-order valence-electron chi connectivity index (χ2n) is 5.45. The van der Waals surface area contributed by atoms with Gasteiger partial charge >= 0.3 is 0 Å². The molecule has 0 aromatic heterocycles. The van der Waals surface area contributed by atoms with Crippen molar-refractivity contribution in [1.29, 1.82) is 0 Å². The third kappa shape index (κ3) is 2.56. The van der Waals surface area contributed by atoms with Crippen molar-refractivity contribution in [2.24, 2.45) is 0 Å². The molecule has 1 N–H and O–H groups in total. The van der Waals surface area contributed by atoms with Crippen molar-refractivity contribution in [3.05, 3.63) is 29.6 Å². The van der Waals surface area contributed by atoms with E-state index in [1.54, 1.807) is 0 Å². The van der Waals surface area contributed by atoms with Crippen LogP contribution in [-0.4, -0.2) is 30.1 Å². The zero-order valence-corrected chi connectivity index (χ0v) is 10.6. The fourth-order valence-corrected chi connectivity index (χ4v) is 3.23. The Bertz CT molecular complexity index is 455. The van der Waals surface area contributed by atoms with Crippen molar-refractivity contribution in [2.75, 3.05) is 18.4 Å². The van der Waals surface area contributed by atoms with Crippen molar-refractivity contribution >= 4 is 5.69 Å². The summed E-state index contributed by atoms with van der Waals surface area (Å²) in [6.45, 7) is 2.19. The fraction of sp³-hybridized carbons (Fsp3) is 0.571. The van der Waals surface area contributed by atoms with Crippen LogP contribution in [-0.2, 0) is 0 Å². The maximum absolute atomic E-state index is 13.1. The quantitative estimate of drug-likeness (QED) is 0.831. The topological polar surface area (TPSA) is 15.3 Å². The molecule has 2 atom stereocenters. The van der Waals surface area contributed by atoms with Crippen molar-refractivity contribution in [3.8, 4) is 0 Å². The fourth-order valence-electron chi connectivity index (χ4n) is 3.23. The van der Waals surface area contributed by atoms with Gasteiger partial charge in [0, 0.05) is 36.4 Å². The standard InChI is InChI=1S/C14H17F3N2/c15-12-7-10(8-13(16)14(12)17)18-9-3-5-19-4-1-2-11(19)6-9/h7-9,11,18H,1-6H2. The van der Waals surface area contributed by atoms with Crippen LogP contribution < -0.4 is 5.32 Å². The van der Waals surface area contributed by atoms with Crippen molar-refractivity contribution < 1.29 is 13.2 Å². The number of hydrogen-bond acceptors (Lipinski definition) is 2. The van der Waals surface area contributed by atoms with E-state index in [9.17, 15) is 13.2 Å². The van der Waals surface area contributed by atoms with Gasteiger partial charge in [-0.2, -0.15) is 0 Å². The zero-order chi connectivity index (χ0) is 13.4. The molecule has 0 aliphatic carbocycles. The van der Waals surface area contributed by atoms with E-state index in [0.29, 0.717) is 11.7 Å². The molecule has 2 unspecified atom stereocenters. The van der Waals surface area contributed by atoms with Crippen LogP contribution in [0.25, 0.3) is 0 Å². The van der Waals surface area contributed by atoms with Crippen LogP contribution in [0, 0.1) is 17.5 Å². The van der Waals surface area contributed by atoms with E-state index < -0.39 is 17.5 Å². The number of nitrogens with zero attached hydrogens (tertiary/aromatic N) is 1. The van der Waals surface area contributed by atoms with Gasteiger partial charge in [0.15, 0.2) is 17.5 Å². The highest BCUT2D eigenvalue weighted by atomic mass is 19.2. The first-order chi connectivity index (χ1) is 9.13. The Balaban J connectivity index is 1.68. The maximum atomic E-state index is 13.1. The van der Waals surface area contributed by atoms with Crippen LogP contribution in [0.2, 0.25) is 0 Å². The van der Waals surface area contributed by atoms with Crippen molar-refractivity contribution in [2.45, 2.75) is 37.8 Å². The lowest BCUT2D eigenvalue weighted by atomic mass is 9.97. The lowest BCUT2D eigenvalue weighted by Gasteiger charge is -2.35. The maximum Gasteiger partial charge on any atom is 0.194 e. The summed E-state index contributed by atoms with van der Waals surface area (Å²) < 4.78 is 39.2. The van der Waals surface area contributed by atoms with Crippen molar-refractivity contribution in [1.82, 2.24) is 4.90 Å². The van der Waals surface area contributed by atoms with Crippen LogP contribution in [0.15, 0.2) is 12.1 Å². The van der Waals surface area contributed by atoms with Crippen LogP contribution in [0.3, 0.4) is 0 Å². The summed E-state index contributed by atoms with van der Waals surface area (Å²) in [5, 5.41) is 3.13. The van der Waals surface area contributed by atoms with Crippen LogP contribution in [0.4, 0.5) is 18.9 Å². The molecule has 2 aliphatic rings. The predicted molar refractivity (Wildman–Crippen MR) is 67.6 cm³/mol. The summed E-state index contributed by atoms with van der Waals surface area (Å²) >= 11 is 0. The van der Waals surface area contributed by atoms with Crippen LogP contribution in [0.1, 0.15) is 25.7 Å². The molecular weight excluding hydrogens is 253 g/mol. The smallest absolute Gasteiger partial charge is 0.194 e. The Hall–Kier alpha value is -1.23. The third-order valence-corrected chi connectivity index (χ3v) is 4.18. The van der Waals surface area contributed by atoms with Crippen LogP contribution in [0.5, 0.6) is 0 Å². The molecule has 2 saturated heterocycles. The van der Waals surface area contributed by atoms with E-state index in [2.05, 4.69) is 10.2 Å². The summed E-state index contributed by atoms with van der Waals surface area (Å²) in [6, 6.07) is 2.85. The van der Waals surface area contributed by atoms with Gasteiger partial charge < -0.3 is 10.2 Å².